The lowest BCUT2D eigenvalue weighted by atomic mass is 10.2. The Labute approximate surface area is 156 Å². The highest BCUT2D eigenvalue weighted by molar-refractivity contribution is 5.92. The number of aromatic nitrogens is 4. The molecule has 27 heavy (non-hydrogen) atoms. The van der Waals surface area contributed by atoms with E-state index in [1.807, 2.05) is 6.07 Å². The lowest BCUT2D eigenvalue weighted by molar-refractivity contribution is -0.0249. The van der Waals surface area contributed by atoms with Crippen molar-refractivity contribution >= 4 is 11.9 Å². The zero-order valence-corrected chi connectivity index (χ0v) is 15.2. The van der Waals surface area contributed by atoms with Crippen LogP contribution in [0.1, 0.15) is 40.8 Å². The van der Waals surface area contributed by atoms with Crippen molar-refractivity contribution in [3.05, 3.63) is 45.9 Å². The maximum Gasteiger partial charge on any atom is 0.345 e. The van der Waals surface area contributed by atoms with Crippen LogP contribution in [-0.4, -0.2) is 63.5 Å². The second-order valence-corrected chi connectivity index (χ2v) is 6.84. The van der Waals surface area contributed by atoms with Gasteiger partial charge in [-0.1, -0.05) is 0 Å². The van der Waals surface area contributed by atoms with E-state index in [1.165, 1.54) is 0 Å². The van der Waals surface area contributed by atoms with Crippen LogP contribution in [0.25, 0.3) is 0 Å². The average molecular weight is 370 g/mol. The fourth-order valence-corrected chi connectivity index (χ4v) is 3.47. The second kappa shape index (κ2) is 7.43. The Balaban J connectivity index is 1.52. The molecular formula is C18H22N6O3. The summed E-state index contributed by atoms with van der Waals surface area (Å²) in [6.45, 7) is 4.88. The molecule has 2 fully saturated rings. The third kappa shape index (κ3) is 3.82. The zero-order chi connectivity index (χ0) is 18.8. The number of carbonyl (C=O) groups is 1. The molecule has 2 aliphatic rings. The molecule has 1 amide bonds. The number of aryl methyl sites for hydroxylation is 1. The number of H-pyrrole nitrogens is 1. The van der Waals surface area contributed by atoms with E-state index in [4.69, 9.17) is 4.74 Å². The van der Waals surface area contributed by atoms with Crippen molar-refractivity contribution in [2.75, 3.05) is 37.7 Å². The molecular weight excluding hydrogens is 348 g/mol. The van der Waals surface area contributed by atoms with Gasteiger partial charge in [-0.2, -0.15) is 4.98 Å². The minimum Gasteiger partial charge on any atom is -0.368 e. The van der Waals surface area contributed by atoms with Gasteiger partial charge in [-0.15, -0.1) is 0 Å². The number of rotatable bonds is 3. The topological polar surface area (TPSA) is 104 Å². The number of hydrogen-bond donors (Lipinski definition) is 1. The Morgan fingerprint density at radius 1 is 1.26 bits per heavy atom. The lowest BCUT2D eigenvalue weighted by Gasteiger charge is -2.32. The monoisotopic (exact) mass is 370 g/mol. The number of anilines is 1. The molecule has 4 rings (SSSR count). The second-order valence-electron chi connectivity index (χ2n) is 6.84. The highest BCUT2D eigenvalue weighted by atomic mass is 16.5. The Morgan fingerprint density at radius 3 is 2.85 bits per heavy atom. The minimum absolute atomic E-state index is 0.150. The van der Waals surface area contributed by atoms with Crippen LogP contribution in [0.3, 0.4) is 0 Å². The van der Waals surface area contributed by atoms with E-state index in [-0.39, 0.29) is 17.7 Å². The number of morpholine rings is 1. The number of aromatic amines is 1. The highest BCUT2D eigenvalue weighted by Crippen LogP contribution is 2.24. The summed E-state index contributed by atoms with van der Waals surface area (Å²) in [5.41, 5.74) is 1.00. The molecule has 1 atom stereocenters. The van der Waals surface area contributed by atoms with Crippen molar-refractivity contribution < 1.29 is 9.53 Å². The first kappa shape index (κ1) is 17.6. The van der Waals surface area contributed by atoms with Crippen molar-refractivity contribution in [1.82, 2.24) is 24.8 Å². The minimum atomic E-state index is -0.519. The first-order chi connectivity index (χ1) is 13.1. The summed E-state index contributed by atoms with van der Waals surface area (Å²) < 4.78 is 5.85. The molecule has 2 saturated heterocycles. The van der Waals surface area contributed by atoms with Gasteiger partial charge in [0.25, 0.3) is 5.91 Å². The summed E-state index contributed by atoms with van der Waals surface area (Å²) in [4.78, 5) is 43.5. The van der Waals surface area contributed by atoms with Gasteiger partial charge in [0, 0.05) is 31.5 Å². The number of nitrogens with one attached hydrogen (secondary N) is 1. The number of nitrogens with zero attached hydrogens (tertiary/aromatic N) is 5. The summed E-state index contributed by atoms with van der Waals surface area (Å²) >= 11 is 0. The predicted octanol–water partition coefficient (Wildman–Crippen LogP) is 0.682. The number of ether oxygens (including phenoxy) is 1. The Morgan fingerprint density at radius 2 is 2.07 bits per heavy atom. The van der Waals surface area contributed by atoms with Crippen LogP contribution in [0.5, 0.6) is 0 Å². The van der Waals surface area contributed by atoms with Gasteiger partial charge in [0.05, 0.1) is 18.8 Å². The molecule has 4 heterocycles. The summed E-state index contributed by atoms with van der Waals surface area (Å²) in [5, 5.41) is 0. The largest absolute Gasteiger partial charge is 0.368 e. The maximum absolute atomic E-state index is 12.8. The van der Waals surface area contributed by atoms with E-state index in [0.717, 1.165) is 31.6 Å². The van der Waals surface area contributed by atoms with E-state index < -0.39 is 5.69 Å². The molecule has 142 valence electrons. The van der Waals surface area contributed by atoms with Crippen LogP contribution < -0.4 is 10.6 Å². The fourth-order valence-electron chi connectivity index (χ4n) is 3.47. The molecule has 0 radical (unpaired) electrons. The van der Waals surface area contributed by atoms with Crippen LogP contribution in [0.4, 0.5) is 5.95 Å². The van der Waals surface area contributed by atoms with Crippen LogP contribution in [0.15, 0.2) is 23.1 Å². The van der Waals surface area contributed by atoms with E-state index in [2.05, 4.69) is 24.8 Å². The van der Waals surface area contributed by atoms with Crippen molar-refractivity contribution in [1.29, 1.82) is 0 Å². The van der Waals surface area contributed by atoms with Gasteiger partial charge >= 0.3 is 5.69 Å². The molecule has 1 N–H and O–H groups in total. The maximum atomic E-state index is 12.8. The molecule has 2 aromatic heterocycles. The predicted molar refractivity (Wildman–Crippen MR) is 97.7 cm³/mol. The van der Waals surface area contributed by atoms with Gasteiger partial charge in [0.1, 0.15) is 11.8 Å². The number of amides is 1. The van der Waals surface area contributed by atoms with Gasteiger partial charge < -0.3 is 19.5 Å². The van der Waals surface area contributed by atoms with Crippen molar-refractivity contribution in [3.63, 3.8) is 0 Å². The molecule has 9 nitrogen and oxygen atoms in total. The van der Waals surface area contributed by atoms with Gasteiger partial charge in [0.2, 0.25) is 5.95 Å². The van der Waals surface area contributed by atoms with E-state index >= 15 is 0 Å². The number of carbonyl (C=O) groups excluding carboxylic acids is 1. The Hall–Kier alpha value is -2.81. The van der Waals surface area contributed by atoms with Gasteiger partial charge in [-0.3, -0.25) is 4.79 Å². The van der Waals surface area contributed by atoms with Gasteiger partial charge in [-0.05, 0) is 31.9 Å². The SMILES string of the molecule is Cc1cc(C(=O)N2CCO[C@H](c3ccnc(N4CCCC4)n3)C2)nc(=O)[nH]1. The summed E-state index contributed by atoms with van der Waals surface area (Å²) in [7, 11) is 0. The molecule has 0 aromatic carbocycles. The van der Waals surface area contributed by atoms with Crippen molar-refractivity contribution in [2.24, 2.45) is 0 Å². The van der Waals surface area contributed by atoms with Gasteiger partial charge in [0.15, 0.2) is 0 Å². The molecule has 0 bridgehead atoms. The van der Waals surface area contributed by atoms with Crippen LogP contribution in [0.2, 0.25) is 0 Å². The summed E-state index contributed by atoms with van der Waals surface area (Å²) in [6.07, 6.45) is 3.72. The van der Waals surface area contributed by atoms with Crippen molar-refractivity contribution in [3.8, 4) is 0 Å². The standard InChI is InChI=1S/C18H22N6O3/c1-12-10-14(22-18(26)20-12)16(25)24-8-9-27-15(11-24)13-4-5-19-17(21-13)23-6-2-3-7-23/h4-5,10,15H,2-3,6-9,11H2,1H3,(H,20,22,26)/t15-/m0/s1. The Bertz CT molecular complexity index is 893. The smallest absolute Gasteiger partial charge is 0.345 e. The molecule has 0 saturated carbocycles. The molecule has 0 aliphatic carbocycles. The first-order valence-corrected chi connectivity index (χ1v) is 9.17. The zero-order valence-electron chi connectivity index (χ0n) is 15.2. The molecule has 2 aliphatic heterocycles. The third-order valence-corrected chi connectivity index (χ3v) is 4.84. The quantitative estimate of drug-likeness (QED) is 0.847. The molecule has 0 unspecified atom stereocenters. The van der Waals surface area contributed by atoms with Crippen LogP contribution >= 0.6 is 0 Å². The van der Waals surface area contributed by atoms with E-state index in [9.17, 15) is 9.59 Å². The van der Waals surface area contributed by atoms with E-state index in [0.29, 0.717) is 31.3 Å². The summed E-state index contributed by atoms with van der Waals surface area (Å²) in [6, 6.07) is 3.41. The molecule has 0 spiro atoms. The van der Waals surface area contributed by atoms with Gasteiger partial charge in [-0.25, -0.2) is 14.8 Å². The third-order valence-electron chi connectivity index (χ3n) is 4.84. The van der Waals surface area contributed by atoms with Crippen molar-refractivity contribution in [2.45, 2.75) is 25.9 Å². The van der Waals surface area contributed by atoms with Crippen LogP contribution in [0, 0.1) is 6.92 Å². The molecule has 9 heteroatoms. The van der Waals surface area contributed by atoms with Crippen LogP contribution in [-0.2, 0) is 4.74 Å². The fraction of sp³-hybridized carbons (Fsp3) is 0.500. The average Bonchev–Trinajstić information content (AvgIpc) is 3.22. The normalized spacial score (nSPS) is 20.1. The summed E-state index contributed by atoms with van der Waals surface area (Å²) in [5.74, 6) is 0.440. The highest BCUT2D eigenvalue weighted by Gasteiger charge is 2.28. The Kier molecular flexibility index (Phi) is 4.85. The first-order valence-electron chi connectivity index (χ1n) is 9.17. The van der Waals surface area contributed by atoms with E-state index in [1.54, 1.807) is 24.1 Å². The lowest BCUT2D eigenvalue weighted by Crippen LogP contribution is -2.43. The number of hydrogen-bond acceptors (Lipinski definition) is 7. The molecule has 2 aromatic rings.